The normalized spacial score (nSPS) is 12.0. The van der Waals surface area contributed by atoms with E-state index in [1.54, 1.807) is 6.07 Å². The number of carbonyl (C=O) groups excluding carboxylic acids is 1. The molecule has 1 atom stereocenters. The minimum atomic E-state index is -0.715. The van der Waals surface area contributed by atoms with E-state index in [1.165, 1.54) is 7.11 Å². The van der Waals surface area contributed by atoms with Crippen LogP contribution in [0.5, 0.6) is 0 Å². The van der Waals surface area contributed by atoms with Crippen LogP contribution in [-0.2, 0) is 9.47 Å². The molecule has 0 spiro atoms. The van der Waals surface area contributed by atoms with E-state index in [0.717, 1.165) is 16.3 Å². The summed E-state index contributed by atoms with van der Waals surface area (Å²) in [5, 5.41) is 1.88. The van der Waals surface area contributed by atoms with Crippen molar-refractivity contribution in [3.8, 4) is 0 Å². The molecule has 0 aliphatic heterocycles. The number of rotatable bonds is 4. The molecule has 3 heteroatoms. The molecule has 0 N–H and O–H groups in total. The molecule has 0 aliphatic carbocycles. The van der Waals surface area contributed by atoms with E-state index in [9.17, 15) is 4.79 Å². The summed E-state index contributed by atoms with van der Waals surface area (Å²) in [5.41, 5.74) is 1.34. The number of hydrogen-bond donors (Lipinski definition) is 0. The van der Waals surface area contributed by atoms with Crippen molar-refractivity contribution in [3.05, 3.63) is 83.9 Å². The number of ether oxygens (including phenoxy) is 2. The fraction of sp³-hybridized carbons (Fsp3) is 0.105. The van der Waals surface area contributed by atoms with Crippen molar-refractivity contribution in [1.82, 2.24) is 0 Å². The predicted octanol–water partition coefficient (Wildman–Crippen LogP) is 4.34. The predicted molar refractivity (Wildman–Crippen MR) is 85.6 cm³/mol. The molecule has 0 bridgehead atoms. The van der Waals surface area contributed by atoms with Gasteiger partial charge in [0.05, 0.1) is 5.56 Å². The van der Waals surface area contributed by atoms with Gasteiger partial charge in [-0.2, -0.15) is 0 Å². The zero-order valence-corrected chi connectivity index (χ0v) is 12.2. The second kappa shape index (κ2) is 6.41. The molecule has 0 heterocycles. The lowest BCUT2D eigenvalue weighted by Crippen LogP contribution is -2.13. The van der Waals surface area contributed by atoms with Crippen LogP contribution in [0.1, 0.15) is 22.2 Å². The van der Waals surface area contributed by atoms with E-state index < -0.39 is 12.3 Å². The van der Waals surface area contributed by atoms with Crippen molar-refractivity contribution in [2.45, 2.75) is 6.29 Å². The number of benzene rings is 3. The number of carbonyl (C=O) groups is 1. The quantitative estimate of drug-likeness (QED) is 0.530. The summed E-state index contributed by atoms with van der Waals surface area (Å²) in [6, 6.07) is 22.7. The molecule has 0 fully saturated rings. The van der Waals surface area contributed by atoms with Gasteiger partial charge in [-0.15, -0.1) is 0 Å². The molecule has 0 saturated heterocycles. The van der Waals surface area contributed by atoms with Gasteiger partial charge in [0.2, 0.25) is 6.29 Å². The number of fused-ring (bicyclic) bond motifs is 1. The first kappa shape index (κ1) is 14.3. The molecule has 0 aromatic heterocycles. The molecule has 3 aromatic rings. The Morgan fingerprint density at radius 1 is 0.864 bits per heavy atom. The van der Waals surface area contributed by atoms with Crippen LogP contribution in [-0.4, -0.2) is 13.1 Å². The van der Waals surface area contributed by atoms with Crippen molar-refractivity contribution in [3.63, 3.8) is 0 Å². The third kappa shape index (κ3) is 2.85. The van der Waals surface area contributed by atoms with Crippen LogP contribution in [0.3, 0.4) is 0 Å². The third-order valence-electron chi connectivity index (χ3n) is 3.51. The van der Waals surface area contributed by atoms with E-state index >= 15 is 0 Å². The van der Waals surface area contributed by atoms with Gasteiger partial charge < -0.3 is 9.47 Å². The fourth-order valence-electron chi connectivity index (χ4n) is 2.43. The lowest BCUT2D eigenvalue weighted by atomic mass is 10.0. The Labute approximate surface area is 129 Å². The van der Waals surface area contributed by atoms with Gasteiger partial charge in [0, 0.05) is 12.7 Å². The largest absolute Gasteiger partial charge is 0.428 e. The average molecular weight is 292 g/mol. The summed E-state index contributed by atoms with van der Waals surface area (Å²) in [6.07, 6.45) is -0.715. The van der Waals surface area contributed by atoms with Gasteiger partial charge in [0.25, 0.3) is 0 Å². The molecule has 3 aromatic carbocycles. The molecule has 3 rings (SSSR count). The molecule has 1 unspecified atom stereocenters. The van der Waals surface area contributed by atoms with Crippen LogP contribution in [0.25, 0.3) is 10.8 Å². The minimum Gasteiger partial charge on any atom is -0.428 e. The second-order valence-corrected chi connectivity index (χ2v) is 4.91. The fourth-order valence-corrected chi connectivity index (χ4v) is 2.43. The standard InChI is InChI=1S/C19H16O3/c1-21-19(15-9-3-2-4-10-15)22-18(20)17-13-7-11-14-8-5-6-12-16(14)17/h2-13,19H,1H3. The number of esters is 1. The maximum atomic E-state index is 12.5. The number of hydrogen-bond acceptors (Lipinski definition) is 3. The number of methoxy groups -OCH3 is 1. The molecule has 3 nitrogen and oxygen atoms in total. The SMILES string of the molecule is COC(OC(=O)c1cccc2ccccc12)c1ccccc1. The van der Waals surface area contributed by atoms with Gasteiger partial charge in [-0.05, 0) is 16.8 Å². The highest BCUT2D eigenvalue weighted by Gasteiger charge is 2.18. The summed E-state index contributed by atoms with van der Waals surface area (Å²) in [5.74, 6) is -0.396. The van der Waals surface area contributed by atoms with Crippen molar-refractivity contribution in [1.29, 1.82) is 0 Å². The lowest BCUT2D eigenvalue weighted by molar-refractivity contribution is -0.0926. The van der Waals surface area contributed by atoms with Gasteiger partial charge in [0.1, 0.15) is 0 Å². The molecule has 110 valence electrons. The molecule has 22 heavy (non-hydrogen) atoms. The Kier molecular flexibility index (Phi) is 4.17. The first-order valence-electron chi connectivity index (χ1n) is 7.06. The van der Waals surface area contributed by atoms with Crippen LogP contribution in [0, 0.1) is 0 Å². The molecule has 0 amide bonds. The van der Waals surface area contributed by atoms with Crippen LogP contribution in [0.2, 0.25) is 0 Å². The minimum absolute atomic E-state index is 0.396. The van der Waals surface area contributed by atoms with Gasteiger partial charge in [0.15, 0.2) is 0 Å². The van der Waals surface area contributed by atoms with Crippen molar-refractivity contribution < 1.29 is 14.3 Å². The summed E-state index contributed by atoms with van der Waals surface area (Å²) in [6.45, 7) is 0. The summed E-state index contributed by atoms with van der Waals surface area (Å²) < 4.78 is 10.8. The third-order valence-corrected chi connectivity index (χ3v) is 3.51. The van der Waals surface area contributed by atoms with Crippen molar-refractivity contribution >= 4 is 16.7 Å². The monoisotopic (exact) mass is 292 g/mol. The Morgan fingerprint density at radius 3 is 2.32 bits per heavy atom. The molecular weight excluding hydrogens is 276 g/mol. The van der Waals surface area contributed by atoms with Crippen molar-refractivity contribution in [2.75, 3.05) is 7.11 Å². The zero-order valence-electron chi connectivity index (χ0n) is 12.2. The summed E-state index contributed by atoms with van der Waals surface area (Å²) >= 11 is 0. The van der Waals surface area contributed by atoms with Crippen LogP contribution < -0.4 is 0 Å². The Bertz CT molecular complexity index is 776. The van der Waals surface area contributed by atoms with E-state index in [2.05, 4.69) is 0 Å². The highest BCUT2D eigenvalue weighted by atomic mass is 16.7. The average Bonchev–Trinajstić information content (AvgIpc) is 2.59. The highest BCUT2D eigenvalue weighted by Crippen LogP contribution is 2.23. The van der Waals surface area contributed by atoms with E-state index in [1.807, 2.05) is 66.7 Å². The van der Waals surface area contributed by atoms with E-state index in [-0.39, 0.29) is 0 Å². The summed E-state index contributed by atoms with van der Waals surface area (Å²) in [4.78, 5) is 12.5. The maximum absolute atomic E-state index is 12.5. The zero-order chi connectivity index (χ0) is 15.4. The first-order chi connectivity index (χ1) is 10.8. The first-order valence-corrected chi connectivity index (χ1v) is 7.06. The van der Waals surface area contributed by atoms with Crippen molar-refractivity contribution in [2.24, 2.45) is 0 Å². The second-order valence-electron chi connectivity index (χ2n) is 4.91. The van der Waals surface area contributed by atoms with Gasteiger partial charge >= 0.3 is 5.97 Å². The van der Waals surface area contributed by atoms with Crippen LogP contribution in [0.15, 0.2) is 72.8 Å². The van der Waals surface area contributed by atoms with Crippen LogP contribution >= 0.6 is 0 Å². The van der Waals surface area contributed by atoms with E-state index in [0.29, 0.717) is 5.56 Å². The highest BCUT2D eigenvalue weighted by molar-refractivity contribution is 6.04. The topological polar surface area (TPSA) is 35.5 Å². The molecular formula is C19H16O3. The molecule has 0 aliphatic rings. The smallest absolute Gasteiger partial charge is 0.341 e. The Morgan fingerprint density at radius 2 is 1.55 bits per heavy atom. The van der Waals surface area contributed by atoms with Gasteiger partial charge in [-0.3, -0.25) is 0 Å². The van der Waals surface area contributed by atoms with Gasteiger partial charge in [-0.25, -0.2) is 4.79 Å². The Hall–Kier alpha value is -2.65. The summed E-state index contributed by atoms with van der Waals surface area (Å²) in [7, 11) is 1.52. The van der Waals surface area contributed by atoms with Gasteiger partial charge in [-0.1, -0.05) is 66.7 Å². The molecule has 0 radical (unpaired) electrons. The molecule has 0 saturated carbocycles. The van der Waals surface area contributed by atoms with E-state index in [4.69, 9.17) is 9.47 Å². The maximum Gasteiger partial charge on any atom is 0.341 e. The Balaban J connectivity index is 1.90. The van der Waals surface area contributed by atoms with Crippen LogP contribution in [0.4, 0.5) is 0 Å². The lowest BCUT2D eigenvalue weighted by Gasteiger charge is -2.17.